The molecule has 2 aliphatic rings. The highest BCUT2D eigenvalue weighted by molar-refractivity contribution is 6.03. The highest BCUT2D eigenvalue weighted by Crippen LogP contribution is 2.45. The van der Waals surface area contributed by atoms with Crippen LogP contribution in [-0.2, 0) is 32.1 Å². The third kappa shape index (κ3) is 6.47. The van der Waals surface area contributed by atoms with Gasteiger partial charge in [0.1, 0.15) is 18.5 Å². The molecular weight excluding hydrogens is 560 g/mol. The predicted molar refractivity (Wildman–Crippen MR) is 133 cm³/mol. The highest BCUT2D eigenvalue weighted by Gasteiger charge is 2.50. The maximum Gasteiger partial charge on any atom is 0.416 e. The highest BCUT2D eigenvalue weighted by atomic mass is 19.4. The van der Waals surface area contributed by atoms with Gasteiger partial charge in [0, 0.05) is 11.5 Å². The van der Waals surface area contributed by atoms with E-state index in [1.165, 1.54) is 11.8 Å². The van der Waals surface area contributed by atoms with E-state index in [4.69, 9.17) is 9.57 Å². The number of halogens is 6. The maximum absolute atomic E-state index is 13.4. The summed E-state index contributed by atoms with van der Waals surface area (Å²) < 4.78 is 86.5. The third-order valence-corrected chi connectivity index (χ3v) is 7.68. The van der Waals surface area contributed by atoms with E-state index in [2.05, 4.69) is 4.99 Å². The van der Waals surface area contributed by atoms with Crippen LogP contribution < -0.4 is 0 Å². The van der Waals surface area contributed by atoms with Gasteiger partial charge in [-0.05, 0) is 62.4 Å². The molecule has 8 nitrogen and oxygen atoms in total. The van der Waals surface area contributed by atoms with E-state index < -0.39 is 52.2 Å². The molecule has 1 amide bonds. The summed E-state index contributed by atoms with van der Waals surface area (Å²) in [5.74, 6) is 0.219. The van der Waals surface area contributed by atoms with Crippen LogP contribution in [0.3, 0.4) is 0 Å². The third-order valence-electron chi connectivity index (χ3n) is 7.68. The zero-order valence-corrected chi connectivity index (χ0v) is 22.0. The number of aliphatic imine (C=N–C) groups is 1. The van der Waals surface area contributed by atoms with Crippen molar-refractivity contribution < 1.29 is 45.8 Å². The van der Waals surface area contributed by atoms with E-state index in [-0.39, 0.29) is 43.5 Å². The Morgan fingerprint density at radius 2 is 1.71 bits per heavy atom. The average Bonchev–Trinajstić information content (AvgIpc) is 3.24. The molecule has 1 aliphatic heterocycles. The van der Waals surface area contributed by atoms with E-state index >= 15 is 0 Å². The molecule has 1 saturated carbocycles. The van der Waals surface area contributed by atoms with Crippen LogP contribution in [0.1, 0.15) is 61.5 Å². The lowest BCUT2D eigenvalue weighted by molar-refractivity contribution is -0.772. The minimum atomic E-state index is -5.03. The Balaban J connectivity index is 1.68. The maximum atomic E-state index is 13.4. The van der Waals surface area contributed by atoms with Crippen LogP contribution in [0.15, 0.2) is 53.5 Å². The summed E-state index contributed by atoms with van der Waals surface area (Å²) in [4.78, 5) is 34.8. The number of ether oxygens (including phenoxy) is 1. The summed E-state index contributed by atoms with van der Waals surface area (Å²) in [5, 5.41) is 10.6. The Kier molecular flexibility index (Phi) is 8.35. The van der Waals surface area contributed by atoms with Gasteiger partial charge in [-0.2, -0.15) is 26.3 Å². The Morgan fingerprint density at radius 3 is 2.22 bits per heavy atom. The van der Waals surface area contributed by atoms with E-state index in [1.54, 1.807) is 37.3 Å². The van der Waals surface area contributed by atoms with Crippen molar-refractivity contribution in [2.24, 2.45) is 4.99 Å². The van der Waals surface area contributed by atoms with E-state index in [1.807, 2.05) is 0 Å². The second kappa shape index (κ2) is 11.3. The van der Waals surface area contributed by atoms with Gasteiger partial charge in [-0.25, -0.2) is 0 Å². The normalized spacial score (nSPS) is 24.2. The number of amides is 1. The molecule has 0 spiro atoms. The van der Waals surface area contributed by atoms with Crippen LogP contribution in [0.2, 0.25) is 0 Å². The van der Waals surface area contributed by atoms with E-state index in [9.17, 15) is 41.3 Å². The van der Waals surface area contributed by atoms with Gasteiger partial charge in [-0.15, -0.1) is 10.1 Å². The number of carbonyl (C=O) groups is 1. The number of carbonyl (C=O) groups excluding carboxylic acids is 1. The van der Waals surface area contributed by atoms with Crippen LogP contribution in [0.25, 0.3) is 0 Å². The van der Waals surface area contributed by atoms with Crippen LogP contribution in [-0.4, -0.2) is 47.0 Å². The van der Waals surface area contributed by atoms with Crippen LogP contribution in [0, 0.1) is 10.1 Å². The molecule has 1 unspecified atom stereocenters. The monoisotopic (exact) mass is 587 g/mol. The fraction of sp³-hybridized carbons (Fsp3) is 0.481. The molecule has 4 rings (SSSR count). The van der Waals surface area contributed by atoms with E-state index in [0.29, 0.717) is 30.0 Å². The summed E-state index contributed by atoms with van der Waals surface area (Å²) in [6.45, 7) is 2.61. The first-order valence-corrected chi connectivity index (χ1v) is 12.7. The number of hydrogen-bond acceptors (Lipinski definition) is 6. The first-order chi connectivity index (χ1) is 19.1. The standard InChI is InChI=1S/C27H27F6N3O5/c1-16(18-10-20(26(28,29)30)12-21(11-18)27(31,32)33)40-15-25(19-6-4-3-5-7-19)9-8-22(13-23(25)41-36(38)39)35-17(2)34-14-24(35)37/h3-7,10-12,16,22-23H,8-9,13-15H2,1-2H3/t16-,22?,23+,25-/m1/s1. The molecule has 0 N–H and O–H groups in total. The molecule has 0 saturated heterocycles. The molecule has 2 aromatic carbocycles. The lowest BCUT2D eigenvalue weighted by Gasteiger charge is -2.47. The first-order valence-electron chi connectivity index (χ1n) is 12.7. The number of alkyl halides is 6. The Hall–Kier alpha value is -3.68. The lowest BCUT2D eigenvalue weighted by Crippen LogP contribution is -2.55. The topological polar surface area (TPSA) is 94.3 Å². The van der Waals surface area contributed by atoms with Crippen molar-refractivity contribution in [2.75, 3.05) is 13.2 Å². The Labute approximate surface area is 231 Å². The molecule has 0 bridgehead atoms. The minimum Gasteiger partial charge on any atom is -0.373 e. The molecular formula is C27H27F6N3O5. The lowest BCUT2D eigenvalue weighted by atomic mass is 9.66. The predicted octanol–water partition coefficient (Wildman–Crippen LogP) is 6.13. The zero-order chi connectivity index (χ0) is 30.2. The van der Waals surface area contributed by atoms with Gasteiger partial charge in [-0.1, -0.05) is 30.3 Å². The van der Waals surface area contributed by atoms with Crippen molar-refractivity contribution >= 4 is 11.7 Å². The first kappa shape index (κ1) is 30.3. The molecule has 222 valence electrons. The summed E-state index contributed by atoms with van der Waals surface area (Å²) in [6, 6.07) is 9.27. The molecule has 4 atom stereocenters. The molecule has 41 heavy (non-hydrogen) atoms. The minimum absolute atomic E-state index is 0.0218. The second-order valence-corrected chi connectivity index (χ2v) is 10.2. The van der Waals surface area contributed by atoms with Gasteiger partial charge in [0.2, 0.25) is 5.91 Å². The Bertz CT molecular complexity index is 1280. The average molecular weight is 588 g/mol. The smallest absolute Gasteiger partial charge is 0.373 e. The second-order valence-electron chi connectivity index (χ2n) is 10.2. The van der Waals surface area contributed by atoms with Crippen molar-refractivity contribution in [1.29, 1.82) is 0 Å². The van der Waals surface area contributed by atoms with Gasteiger partial charge in [0.15, 0.2) is 0 Å². The quantitative estimate of drug-likeness (QED) is 0.211. The van der Waals surface area contributed by atoms with Crippen molar-refractivity contribution in [2.45, 2.75) is 69.1 Å². The summed E-state index contributed by atoms with van der Waals surface area (Å²) in [6.07, 6.45) is -11.9. The van der Waals surface area contributed by atoms with Gasteiger partial charge >= 0.3 is 12.4 Å². The summed E-state index contributed by atoms with van der Waals surface area (Å²) >= 11 is 0. The summed E-state index contributed by atoms with van der Waals surface area (Å²) in [5.41, 5.74) is -3.93. The zero-order valence-electron chi connectivity index (χ0n) is 22.0. The van der Waals surface area contributed by atoms with Gasteiger partial charge in [-0.3, -0.25) is 14.7 Å². The van der Waals surface area contributed by atoms with Crippen LogP contribution >= 0.6 is 0 Å². The van der Waals surface area contributed by atoms with Crippen molar-refractivity contribution in [1.82, 2.24) is 4.90 Å². The Morgan fingerprint density at radius 1 is 1.10 bits per heavy atom. The van der Waals surface area contributed by atoms with Gasteiger partial charge in [0.25, 0.3) is 5.09 Å². The van der Waals surface area contributed by atoms with Crippen molar-refractivity contribution in [3.63, 3.8) is 0 Å². The SMILES string of the molecule is CC1=NCC(=O)N1C1CC[C@@](CO[C@H](C)c2cc(C(F)(F)F)cc(C(F)(F)F)c2)(c2ccccc2)[C@@H](O[N+](=O)[O-])C1. The van der Waals surface area contributed by atoms with Gasteiger partial charge < -0.3 is 9.57 Å². The fourth-order valence-corrected chi connectivity index (χ4v) is 5.57. The van der Waals surface area contributed by atoms with Gasteiger partial charge in [0.05, 0.1) is 23.8 Å². The molecule has 1 heterocycles. The summed E-state index contributed by atoms with van der Waals surface area (Å²) in [7, 11) is 0. The number of rotatable bonds is 8. The molecule has 0 radical (unpaired) electrons. The largest absolute Gasteiger partial charge is 0.416 e. The fourth-order valence-electron chi connectivity index (χ4n) is 5.57. The molecule has 0 aromatic heterocycles. The number of hydrogen-bond donors (Lipinski definition) is 0. The number of nitrogens with zero attached hydrogens (tertiary/aromatic N) is 3. The molecule has 2 aromatic rings. The number of amidine groups is 1. The molecule has 1 aliphatic carbocycles. The molecule has 1 fully saturated rings. The van der Waals surface area contributed by atoms with Crippen molar-refractivity contribution in [3.8, 4) is 0 Å². The molecule has 14 heteroatoms. The van der Waals surface area contributed by atoms with E-state index in [0.717, 1.165) is 0 Å². The van der Waals surface area contributed by atoms with Crippen molar-refractivity contribution in [3.05, 3.63) is 80.9 Å². The van der Waals surface area contributed by atoms with Crippen LogP contribution in [0.4, 0.5) is 26.3 Å². The number of benzene rings is 2. The van der Waals surface area contributed by atoms with Crippen LogP contribution in [0.5, 0.6) is 0 Å².